The molecule has 3 heterocycles. The van der Waals surface area contributed by atoms with E-state index in [-0.39, 0.29) is 11.9 Å². The quantitative estimate of drug-likeness (QED) is 0.835. The molecule has 2 aliphatic heterocycles. The zero-order valence-electron chi connectivity index (χ0n) is 11.9. The number of ether oxygens (including phenoxy) is 1. The highest BCUT2D eigenvalue weighted by Gasteiger charge is 2.31. The zero-order valence-corrected chi connectivity index (χ0v) is 11.9. The van der Waals surface area contributed by atoms with Gasteiger partial charge in [-0.15, -0.1) is 0 Å². The van der Waals surface area contributed by atoms with Crippen LogP contribution in [0.4, 0.5) is 0 Å². The normalized spacial score (nSPS) is 26.4. The average Bonchev–Trinajstić information content (AvgIpc) is 2.94. The van der Waals surface area contributed by atoms with Gasteiger partial charge in [0.1, 0.15) is 0 Å². The molecule has 3 rings (SSSR count). The van der Waals surface area contributed by atoms with Gasteiger partial charge >= 0.3 is 0 Å². The molecular formula is C14H22N4O2. The number of nitrogens with zero attached hydrogens (tertiary/aromatic N) is 2. The molecule has 0 saturated carbocycles. The van der Waals surface area contributed by atoms with E-state index in [0.717, 1.165) is 43.9 Å². The first-order valence-corrected chi connectivity index (χ1v) is 7.30. The molecule has 0 spiro atoms. The van der Waals surface area contributed by atoms with Crippen molar-refractivity contribution in [2.75, 3.05) is 26.8 Å². The molecule has 1 aromatic heterocycles. The van der Waals surface area contributed by atoms with Gasteiger partial charge in [0.2, 0.25) is 5.91 Å². The Labute approximate surface area is 118 Å². The highest BCUT2D eigenvalue weighted by atomic mass is 16.5. The Hall–Kier alpha value is -1.40. The van der Waals surface area contributed by atoms with Crippen molar-refractivity contribution in [1.82, 2.24) is 20.2 Å². The minimum absolute atomic E-state index is 0.132. The van der Waals surface area contributed by atoms with Crippen LogP contribution in [0.15, 0.2) is 6.33 Å². The van der Waals surface area contributed by atoms with Crippen LogP contribution in [0.2, 0.25) is 0 Å². The number of imidazole rings is 1. The average molecular weight is 278 g/mol. The van der Waals surface area contributed by atoms with Gasteiger partial charge in [-0.25, -0.2) is 4.98 Å². The number of hydrogen-bond acceptors (Lipinski definition) is 4. The third kappa shape index (κ3) is 2.71. The molecule has 0 aromatic carbocycles. The summed E-state index contributed by atoms with van der Waals surface area (Å²) in [6.07, 6.45) is 4.61. The number of aromatic nitrogens is 2. The van der Waals surface area contributed by atoms with E-state index < -0.39 is 0 Å². The SMILES string of the molecule is COCC1CCCN(C(=O)C2Cc3nc[nH]c3CN2)C1. The Morgan fingerprint density at radius 1 is 1.60 bits per heavy atom. The summed E-state index contributed by atoms with van der Waals surface area (Å²) in [4.78, 5) is 22.0. The highest BCUT2D eigenvalue weighted by molar-refractivity contribution is 5.82. The number of methoxy groups -OCH3 is 1. The summed E-state index contributed by atoms with van der Waals surface area (Å²) in [5.74, 6) is 0.682. The van der Waals surface area contributed by atoms with Gasteiger partial charge in [-0.05, 0) is 18.8 Å². The monoisotopic (exact) mass is 278 g/mol. The summed E-state index contributed by atoms with van der Waals surface area (Å²) >= 11 is 0. The van der Waals surface area contributed by atoms with Gasteiger partial charge < -0.3 is 14.6 Å². The van der Waals surface area contributed by atoms with Crippen molar-refractivity contribution in [3.8, 4) is 0 Å². The molecule has 1 saturated heterocycles. The lowest BCUT2D eigenvalue weighted by Crippen LogP contribution is -2.52. The number of fused-ring (bicyclic) bond motifs is 1. The Bertz CT molecular complexity index is 471. The van der Waals surface area contributed by atoms with Gasteiger partial charge in [0.25, 0.3) is 0 Å². The molecule has 0 aliphatic carbocycles. The lowest BCUT2D eigenvalue weighted by atomic mass is 9.97. The molecule has 1 aromatic rings. The van der Waals surface area contributed by atoms with Crippen LogP contribution < -0.4 is 5.32 Å². The smallest absolute Gasteiger partial charge is 0.240 e. The van der Waals surface area contributed by atoms with E-state index in [1.165, 1.54) is 0 Å². The number of nitrogens with one attached hydrogen (secondary N) is 2. The number of rotatable bonds is 3. The van der Waals surface area contributed by atoms with Crippen LogP contribution in [0.25, 0.3) is 0 Å². The summed E-state index contributed by atoms with van der Waals surface area (Å²) < 4.78 is 5.22. The van der Waals surface area contributed by atoms with Gasteiger partial charge in [-0.3, -0.25) is 10.1 Å². The van der Waals surface area contributed by atoms with Crippen molar-refractivity contribution in [2.24, 2.45) is 5.92 Å². The van der Waals surface area contributed by atoms with Crippen molar-refractivity contribution in [3.63, 3.8) is 0 Å². The molecule has 20 heavy (non-hydrogen) atoms. The highest BCUT2D eigenvalue weighted by Crippen LogP contribution is 2.20. The standard InChI is InChI=1S/C14H22N4O2/c1-20-8-10-3-2-4-18(7-10)14(19)12-5-11-13(6-15-12)17-9-16-11/h9-10,12,15H,2-8H2,1H3,(H,16,17). The number of hydrogen-bond donors (Lipinski definition) is 2. The van der Waals surface area contributed by atoms with E-state index in [9.17, 15) is 4.79 Å². The number of amides is 1. The third-order valence-corrected chi connectivity index (χ3v) is 4.26. The van der Waals surface area contributed by atoms with Crippen molar-refractivity contribution >= 4 is 5.91 Å². The fourth-order valence-corrected chi connectivity index (χ4v) is 3.20. The second-order valence-electron chi connectivity index (χ2n) is 5.71. The fraction of sp³-hybridized carbons (Fsp3) is 0.714. The first kappa shape index (κ1) is 13.6. The Kier molecular flexibility index (Phi) is 4.03. The van der Waals surface area contributed by atoms with E-state index in [2.05, 4.69) is 15.3 Å². The molecule has 1 fully saturated rings. The van der Waals surface area contributed by atoms with E-state index in [0.29, 0.717) is 18.9 Å². The first-order valence-electron chi connectivity index (χ1n) is 7.30. The van der Waals surface area contributed by atoms with E-state index in [1.54, 1.807) is 13.4 Å². The van der Waals surface area contributed by atoms with Crippen LogP contribution in [-0.2, 0) is 22.5 Å². The van der Waals surface area contributed by atoms with Crippen LogP contribution in [0.1, 0.15) is 24.2 Å². The van der Waals surface area contributed by atoms with Gasteiger partial charge in [-0.2, -0.15) is 0 Å². The number of H-pyrrole nitrogens is 1. The first-order chi connectivity index (χ1) is 9.78. The summed E-state index contributed by atoms with van der Waals surface area (Å²) in [7, 11) is 1.72. The van der Waals surface area contributed by atoms with E-state index >= 15 is 0 Å². The predicted octanol–water partition coefficient (Wildman–Crippen LogP) is 0.309. The topological polar surface area (TPSA) is 70.2 Å². The molecule has 6 heteroatoms. The Morgan fingerprint density at radius 2 is 2.50 bits per heavy atom. The molecule has 2 N–H and O–H groups in total. The Morgan fingerprint density at radius 3 is 3.35 bits per heavy atom. The van der Waals surface area contributed by atoms with Gasteiger partial charge in [0.15, 0.2) is 0 Å². The van der Waals surface area contributed by atoms with Gasteiger partial charge in [0.05, 0.1) is 30.4 Å². The van der Waals surface area contributed by atoms with Crippen LogP contribution in [-0.4, -0.2) is 53.6 Å². The molecule has 0 radical (unpaired) electrons. The van der Waals surface area contributed by atoms with E-state index in [1.807, 2.05) is 4.90 Å². The van der Waals surface area contributed by atoms with Crippen LogP contribution in [0, 0.1) is 5.92 Å². The summed E-state index contributed by atoms with van der Waals surface area (Å²) in [6, 6.07) is -0.132. The molecule has 2 atom stereocenters. The summed E-state index contributed by atoms with van der Waals surface area (Å²) in [6.45, 7) is 3.12. The molecule has 1 amide bonds. The van der Waals surface area contributed by atoms with Crippen molar-refractivity contribution < 1.29 is 9.53 Å². The van der Waals surface area contributed by atoms with Crippen molar-refractivity contribution in [1.29, 1.82) is 0 Å². The van der Waals surface area contributed by atoms with Crippen LogP contribution in [0.3, 0.4) is 0 Å². The predicted molar refractivity (Wildman–Crippen MR) is 74.1 cm³/mol. The summed E-state index contributed by atoms with van der Waals surface area (Å²) in [5, 5.41) is 3.31. The lowest BCUT2D eigenvalue weighted by molar-refractivity contribution is -0.135. The maximum Gasteiger partial charge on any atom is 0.240 e. The number of piperidine rings is 1. The number of aromatic amines is 1. The van der Waals surface area contributed by atoms with Crippen molar-refractivity contribution in [3.05, 3.63) is 17.7 Å². The number of carbonyl (C=O) groups is 1. The lowest BCUT2D eigenvalue weighted by Gasteiger charge is -2.35. The number of likely N-dealkylation sites (tertiary alicyclic amines) is 1. The maximum atomic E-state index is 12.6. The second kappa shape index (κ2) is 5.93. The van der Waals surface area contributed by atoms with Crippen molar-refractivity contribution in [2.45, 2.75) is 31.8 Å². The second-order valence-corrected chi connectivity index (χ2v) is 5.71. The van der Waals surface area contributed by atoms with Gasteiger partial charge in [0, 0.05) is 33.2 Å². The third-order valence-electron chi connectivity index (χ3n) is 4.26. The molecule has 0 bridgehead atoms. The van der Waals surface area contributed by atoms with Crippen LogP contribution >= 0.6 is 0 Å². The molecule has 2 aliphatic rings. The zero-order chi connectivity index (χ0) is 13.9. The largest absolute Gasteiger partial charge is 0.384 e. The maximum absolute atomic E-state index is 12.6. The minimum Gasteiger partial charge on any atom is -0.384 e. The molecule has 110 valence electrons. The van der Waals surface area contributed by atoms with E-state index in [4.69, 9.17) is 4.74 Å². The molecule has 6 nitrogen and oxygen atoms in total. The molecule has 2 unspecified atom stereocenters. The minimum atomic E-state index is -0.132. The van der Waals surface area contributed by atoms with Gasteiger partial charge in [-0.1, -0.05) is 0 Å². The Balaban J connectivity index is 1.61. The number of carbonyl (C=O) groups excluding carboxylic acids is 1. The summed E-state index contributed by atoms with van der Waals surface area (Å²) in [5.41, 5.74) is 2.12. The molecular weight excluding hydrogens is 256 g/mol. The van der Waals surface area contributed by atoms with Crippen LogP contribution in [0.5, 0.6) is 0 Å². The fourth-order valence-electron chi connectivity index (χ4n) is 3.20.